The minimum absolute atomic E-state index is 0.563. The van der Waals surface area contributed by atoms with Gasteiger partial charge in [0.2, 0.25) is 0 Å². The van der Waals surface area contributed by atoms with Crippen molar-refractivity contribution in [2.24, 2.45) is 0 Å². The summed E-state index contributed by atoms with van der Waals surface area (Å²) in [6.07, 6.45) is 1.84. The molecule has 0 atom stereocenters. The minimum atomic E-state index is 0.563. The molecule has 0 heterocycles. The van der Waals surface area contributed by atoms with Gasteiger partial charge in [-0.15, -0.1) is 0 Å². The van der Waals surface area contributed by atoms with Crippen LogP contribution in [0.1, 0.15) is 22.3 Å². The van der Waals surface area contributed by atoms with E-state index in [0.29, 0.717) is 19.8 Å². The molecule has 0 radical (unpaired) electrons. The Morgan fingerprint density at radius 3 is 2.18 bits per heavy atom. The van der Waals surface area contributed by atoms with Gasteiger partial charge in [-0.3, -0.25) is 0 Å². The molecule has 0 aromatic heterocycles. The molecule has 0 aliphatic carbocycles. The van der Waals surface area contributed by atoms with Crippen molar-refractivity contribution in [3.05, 3.63) is 41.0 Å². The lowest BCUT2D eigenvalue weighted by atomic mass is 9.98. The molecule has 17 heavy (non-hydrogen) atoms. The highest BCUT2D eigenvalue weighted by molar-refractivity contribution is 5.56. The fourth-order valence-corrected chi connectivity index (χ4v) is 1.86. The van der Waals surface area contributed by atoms with Gasteiger partial charge in [0, 0.05) is 21.3 Å². The average Bonchev–Trinajstić information content (AvgIpc) is 2.33. The van der Waals surface area contributed by atoms with Crippen molar-refractivity contribution in [2.45, 2.75) is 19.8 Å². The van der Waals surface area contributed by atoms with Crippen LogP contribution in [-0.2, 0) is 34.0 Å². The lowest BCUT2D eigenvalue weighted by molar-refractivity contribution is 0.166. The normalized spacial score (nSPS) is 10.5. The van der Waals surface area contributed by atoms with E-state index in [-0.39, 0.29) is 0 Å². The highest BCUT2D eigenvalue weighted by Crippen LogP contribution is 2.21. The van der Waals surface area contributed by atoms with Gasteiger partial charge in [0.05, 0.1) is 19.8 Å². The summed E-state index contributed by atoms with van der Waals surface area (Å²) in [7, 11) is 5.06. The van der Waals surface area contributed by atoms with Crippen LogP contribution < -0.4 is 0 Å². The molecular weight excluding hydrogens is 216 g/mol. The first-order valence-corrected chi connectivity index (χ1v) is 5.50. The van der Waals surface area contributed by atoms with Crippen LogP contribution in [0.25, 0.3) is 6.08 Å². The summed E-state index contributed by atoms with van der Waals surface area (Å²) < 4.78 is 15.6. The molecule has 3 heteroatoms. The molecule has 0 N–H and O–H groups in total. The number of hydrogen-bond acceptors (Lipinski definition) is 3. The van der Waals surface area contributed by atoms with Crippen LogP contribution >= 0.6 is 0 Å². The van der Waals surface area contributed by atoms with Gasteiger partial charge in [-0.05, 0) is 28.3 Å². The first-order chi connectivity index (χ1) is 8.26. The fourth-order valence-electron chi connectivity index (χ4n) is 1.86. The first kappa shape index (κ1) is 13.9. The van der Waals surface area contributed by atoms with Gasteiger partial charge in [-0.25, -0.2) is 0 Å². The fraction of sp³-hybridized carbons (Fsp3) is 0.429. The maximum atomic E-state index is 5.22. The second-order valence-corrected chi connectivity index (χ2v) is 3.83. The van der Waals surface area contributed by atoms with Gasteiger partial charge in [-0.1, -0.05) is 18.7 Å². The van der Waals surface area contributed by atoms with Gasteiger partial charge < -0.3 is 14.2 Å². The van der Waals surface area contributed by atoms with Crippen LogP contribution in [0.3, 0.4) is 0 Å². The summed E-state index contributed by atoms with van der Waals surface area (Å²) in [6, 6.07) is 4.17. The van der Waals surface area contributed by atoms with Crippen molar-refractivity contribution < 1.29 is 14.2 Å². The second-order valence-electron chi connectivity index (χ2n) is 3.83. The number of benzene rings is 1. The molecule has 1 aromatic carbocycles. The third-order valence-electron chi connectivity index (χ3n) is 2.56. The van der Waals surface area contributed by atoms with Crippen molar-refractivity contribution >= 4 is 6.08 Å². The molecule has 0 unspecified atom stereocenters. The van der Waals surface area contributed by atoms with Crippen LogP contribution in [0.4, 0.5) is 0 Å². The van der Waals surface area contributed by atoms with E-state index in [2.05, 4.69) is 18.7 Å². The first-order valence-electron chi connectivity index (χ1n) is 5.50. The van der Waals surface area contributed by atoms with E-state index in [0.717, 1.165) is 22.3 Å². The van der Waals surface area contributed by atoms with Gasteiger partial charge in [-0.2, -0.15) is 0 Å². The molecule has 0 aliphatic rings. The molecule has 0 bridgehead atoms. The Bertz CT molecular complexity index is 372. The lowest BCUT2D eigenvalue weighted by Crippen LogP contribution is -2.03. The Morgan fingerprint density at radius 2 is 1.65 bits per heavy atom. The van der Waals surface area contributed by atoms with Crippen LogP contribution in [0.2, 0.25) is 0 Å². The van der Waals surface area contributed by atoms with Crippen molar-refractivity contribution in [1.29, 1.82) is 0 Å². The van der Waals surface area contributed by atoms with Crippen LogP contribution in [-0.4, -0.2) is 21.3 Å². The standard InChI is InChI=1S/C14H20O3/c1-5-12-6-11(8-15-2)7-13(9-16-3)14(12)10-17-4/h5-7H,1,8-10H2,2-4H3. The van der Waals surface area contributed by atoms with E-state index in [4.69, 9.17) is 14.2 Å². The summed E-state index contributed by atoms with van der Waals surface area (Å²) in [5, 5.41) is 0. The number of hydrogen-bond donors (Lipinski definition) is 0. The molecule has 0 amide bonds. The second kappa shape index (κ2) is 7.22. The van der Waals surface area contributed by atoms with Crippen LogP contribution in [0.5, 0.6) is 0 Å². The van der Waals surface area contributed by atoms with Gasteiger partial charge in [0.15, 0.2) is 0 Å². The minimum Gasteiger partial charge on any atom is -0.380 e. The predicted molar refractivity (Wildman–Crippen MR) is 68.7 cm³/mol. The quantitative estimate of drug-likeness (QED) is 0.728. The topological polar surface area (TPSA) is 27.7 Å². The summed E-state index contributed by atoms with van der Waals surface area (Å²) >= 11 is 0. The maximum absolute atomic E-state index is 5.22. The molecule has 94 valence electrons. The molecule has 0 saturated heterocycles. The molecule has 3 nitrogen and oxygen atoms in total. The predicted octanol–water partition coefficient (Wildman–Crippen LogP) is 2.77. The Kier molecular flexibility index (Phi) is 5.91. The molecule has 0 aliphatic heterocycles. The van der Waals surface area contributed by atoms with E-state index in [9.17, 15) is 0 Å². The van der Waals surface area contributed by atoms with E-state index < -0.39 is 0 Å². The number of ether oxygens (including phenoxy) is 3. The Morgan fingerprint density at radius 1 is 1.00 bits per heavy atom. The molecule has 0 saturated carbocycles. The summed E-state index contributed by atoms with van der Waals surface area (Å²) in [4.78, 5) is 0. The average molecular weight is 236 g/mol. The molecule has 1 rings (SSSR count). The number of methoxy groups -OCH3 is 3. The van der Waals surface area contributed by atoms with Crippen molar-refractivity contribution in [1.82, 2.24) is 0 Å². The lowest BCUT2D eigenvalue weighted by Gasteiger charge is -2.14. The summed E-state index contributed by atoms with van der Waals surface area (Å²) in [6.45, 7) is 5.56. The molecule has 0 spiro atoms. The smallest absolute Gasteiger partial charge is 0.0722 e. The summed E-state index contributed by atoms with van der Waals surface area (Å²) in [5.74, 6) is 0. The third-order valence-corrected chi connectivity index (χ3v) is 2.56. The zero-order valence-electron chi connectivity index (χ0n) is 10.8. The molecule has 1 aromatic rings. The van der Waals surface area contributed by atoms with Gasteiger partial charge >= 0.3 is 0 Å². The zero-order chi connectivity index (χ0) is 12.7. The van der Waals surface area contributed by atoms with E-state index in [1.165, 1.54) is 0 Å². The van der Waals surface area contributed by atoms with Gasteiger partial charge in [0.25, 0.3) is 0 Å². The zero-order valence-corrected chi connectivity index (χ0v) is 10.8. The van der Waals surface area contributed by atoms with E-state index in [1.54, 1.807) is 21.3 Å². The highest BCUT2D eigenvalue weighted by Gasteiger charge is 2.09. The van der Waals surface area contributed by atoms with Gasteiger partial charge in [0.1, 0.15) is 0 Å². The van der Waals surface area contributed by atoms with Crippen LogP contribution in [0, 0.1) is 0 Å². The largest absolute Gasteiger partial charge is 0.380 e. The Labute approximate surface area is 103 Å². The maximum Gasteiger partial charge on any atom is 0.0722 e. The van der Waals surface area contributed by atoms with E-state index in [1.807, 2.05) is 6.08 Å². The highest BCUT2D eigenvalue weighted by atomic mass is 16.5. The van der Waals surface area contributed by atoms with E-state index >= 15 is 0 Å². The Balaban J connectivity index is 3.18. The molecular formula is C14H20O3. The number of rotatable bonds is 7. The van der Waals surface area contributed by atoms with Crippen LogP contribution in [0.15, 0.2) is 18.7 Å². The van der Waals surface area contributed by atoms with Crippen molar-refractivity contribution in [3.8, 4) is 0 Å². The third kappa shape index (κ3) is 3.66. The SMILES string of the molecule is C=Cc1cc(COC)cc(COC)c1COC. The molecule has 0 fully saturated rings. The Hall–Kier alpha value is -1.16. The monoisotopic (exact) mass is 236 g/mol. The van der Waals surface area contributed by atoms with Crippen molar-refractivity contribution in [2.75, 3.05) is 21.3 Å². The van der Waals surface area contributed by atoms with Crippen molar-refractivity contribution in [3.63, 3.8) is 0 Å². The summed E-state index contributed by atoms with van der Waals surface area (Å²) in [5.41, 5.74) is 4.45.